The van der Waals surface area contributed by atoms with Crippen LogP contribution in [0.25, 0.3) is 0 Å². The number of hydrogen-bond acceptors (Lipinski definition) is 2. The van der Waals surface area contributed by atoms with Gasteiger partial charge >= 0.3 is 6.18 Å². The Morgan fingerprint density at radius 1 is 1.19 bits per heavy atom. The molecule has 4 fully saturated rings. The molecular formula is C19H20F4N2O2. The lowest BCUT2D eigenvalue weighted by atomic mass is 9.34. The van der Waals surface area contributed by atoms with Crippen LogP contribution in [0.3, 0.4) is 0 Å². The summed E-state index contributed by atoms with van der Waals surface area (Å²) in [5, 5.41) is 0. The molecule has 0 spiro atoms. The SMILES string of the molecule is NC(=O)c1cccc(C2CCCN(C(=O)C34CC(C(F)(F)F)(C3)C4)C2)c1F. The highest BCUT2D eigenvalue weighted by atomic mass is 19.4. The Balaban J connectivity index is 1.48. The van der Waals surface area contributed by atoms with E-state index >= 15 is 0 Å². The van der Waals surface area contributed by atoms with Gasteiger partial charge in [0.05, 0.1) is 16.4 Å². The minimum atomic E-state index is -4.25. The molecule has 1 heterocycles. The van der Waals surface area contributed by atoms with E-state index in [9.17, 15) is 27.2 Å². The summed E-state index contributed by atoms with van der Waals surface area (Å²) >= 11 is 0. The molecule has 2 N–H and O–H groups in total. The average molecular weight is 384 g/mol. The highest BCUT2D eigenvalue weighted by Gasteiger charge is 2.81. The monoisotopic (exact) mass is 384 g/mol. The first-order valence-electron chi connectivity index (χ1n) is 9.03. The van der Waals surface area contributed by atoms with Crippen molar-refractivity contribution < 1.29 is 27.2 Å². The number of alkyl halides is 3. The summed E-state index contributed by atoms with van der Waals surface area (Å²) in [5.41, 5.74) is 2.77. The Kier molecular flexibility index (Phi) is 3.85. The van der Waals surface area contributed by atoms with Crippen molar-refractivity contribution in [3.63, 3.8) is 0 Å². The molecule has 1 aromatic rings. The summed E-state index contributed by atoms with van der Waals surface area (Å²) in [4.78, 5) is 25.8. The number of primary amides is 1. The predicted octanol–water partition coefficient (Wildman–Crippen LogP) is 3.36. The van der Waals surface area contributed by atoms with Crippen LogP contribution in [-0.4, -0.2) is 36.0 Å². The van der Waals surface area contributed by atoms with E-state index in [1.54, 1.807) is 17.0 Å². The fourth-order valence-electron chi connectivity index (χ4n) is 5.12. The molecule has 8 heteroatoms. The Hall–Kier alpha value is -2.12. The van der Waals surface area contributed by atoms with Gasteiger partial charge in [-0.25, -0.2) is 4.39 Å². The summed E-state index contributed by atoms with van der Waals surface area (Å²) in [6.45, 7) is 0.714. The zero-order valence-electron chi connectivity index (χ0n) is 14.6. The van der Waals surface area contributed by atoms with E-state index in [-0.39, 0.29) is 43.2 Å². The molecule has 1 saturated heterocycles. The Morgan fingerprint density at radius 3 is 2.44 bits per heavy atom. The minimum Gasteiger partial charge on any atom is -0.366 e. The number of nitrogens with two attached hydrogens (primary N) is 1. The van der Waals surface area contributed by atoms with Gasteiger partial charge < -0.3 is 10.6 Å². The average Bonchev–Trinajstić information content (AvgIpc) is 2.51. The van der Waals surface area contributed by atoms with Gasteiger partial charge in [0.15, 0.2) is 0 Å². The Bertz CT molecular complexity index is 801. The van der Waals surface area contributed by atoms with Crippen LogP contribution in [-0.2, 0) is 4.79 Å². The number of piperidine rings is 1. The van der Waals surface area contributed by atoms with E-state index in [2.05, 4.69) is 0 Å². The molecule has 0 radical (unpaired) electrons. The lowest BCUT2D eigenvalue weighted by Crippen LogP contribution is -2.73. The van der Waals surface area contributed by atoms with E-state index in [1.807, 2.05) is 0 Å². The molecule has 27 heavy (non-hydrogen) atoms. The lowest BCUT2D eigenvalue weighted by molar-refractivity contribution is -0.353. The highest BCUT2D eigenvalue weighted by molar-refractivity contribution is 5.93. The molecule has 2 bridgehead atoms. The number of amides is 2. The number of hydrogen-bond donors (Lipinski definition) is 1. The number of halogens is 4. The van der Waals surface area contributed by atoms with Crippen molar-refractivity contribution in [3.05, 3.63) is 35.1 Å². The maximum Gasteiger partial charge on any atom is 0.394 e. The van der Waals surface area contributed by atoms with Crippen LogP contribution in [0.1, 0.15) is 53.9 Å². The molecule has 4 aliphatic rings. The van der Waals surface area contributed by atoms with Gasteiger partial charge in [-0.3, -0.25) is 9.59 Å². The van der Waals surface area contributed by atoms with Gasteiger partial charge in [-0.15, -0.1) is 0 Å². The van der Waals surface area contributed by atoms with Gasteiger partial charge in [0, 0.05) is 19.0 Å². The van der Waals surface area contributed by atoms with Gasteiger partial charge in [0.2, 0.25) is 5.91 Å². The maximum atomic E-state index is 14.6. The van der Waals surface area contributed by atoms with Crippen molar-refractivity contribution in [1.82, 2.24) is 4.90 Å². The van der Waals surface area contributed by atoms with E-state index in [4.69, 9.17) is 5.73 Å². The fourth-order valence-corrected chi connectivity index (χ4v) is 5.12. The van der Waals surface area contributed by atoms with E-state index in [0.29, 0.717) is 24.9 Å². The van der Waals surface area contributed by atoms with Crippen molar-refractivity contribution in [3.8, 4) is 0 Å². The number of benzene rings is 1. The second kappa shape index (κ2) is 5.69. The van der Waals surface area contributed by atoms with Gasteiger partial charge in [0.1, 0.15) is 5.82 Å². The fraction of sp³-hybridized carbons (Fsp3) is 0.579. The minimum absolute atomic E-state index is 0.130. The van der Waals surface area contributed by atoms with Gasteiger partial charge in [0.25, 0.3) is 5.91 Å². The van der Waals surface area contributed by atoms with E-state index < -0.39 is 28.7 Å². The Morgan fingerprint density at radius 2 is 1.85 bits per heavy atom. The van der Waals surface area contributed by atoms with Crippen LogP contribution in [0.4, 0.5) is 17.6 Å². The standard InChI is InChI=1S/C19H20F4N2O2/c20-14-12(4-1-5-13(14)15(24)26)11-3-2-6-25(7-11)16(27)17-8-18(9-17,10-17)19(21,22)23/h1,4-5,11H,2-3,6-10H2,(H2,24,26). The second-order valence-electron chi connectivity index (χ2n) is 8.25. The van der Waals surface area contributed by atoms with Gasteiger partial charge in [-0.2, -0.15) is 13.2 Å². The van der Waals surface area contributed by atoms with E-state index in [0.717, 1.165) is 0 Å². The first kappa shape index (κ1) is 18.3. The van der Waals surface area contributed by atoms with Crippen LogP contribution in [0, 0.1) is 16.6 Å². The van der Waals surface area contributed by atoms with Crippen molar-refractivity contribution in [2.45, 2.75) is 44.2 Å². The zero-order chi connectivity index (χ0) is 19.6. The molecule has 4 nitrogen and oxygen atoms in total. The highest BCUT2D eigenvalue weighted by Crippen LogP contribution is 2.78. The number of likely N-dealkylation sites (tertiary alicyclic amines) is 1. The third kappa shape index (κ3) is 2.56. The lowest BCUT2D eigenvalue weighted by Gasteiger charge is -2.69. The predicted molar refractivity (Wildman–Crippen MR) is 88.2 cm³/mol. The summed E-state index contributed by atoms with van der Waals surface area (Å²) in [5.74, 6) is -2.08. The quantitative estimate of drug-likeness (QED) is 0.813. The summed E-state index contributed by atoms with van der Waals surface area (Å²) in [6.07, 6.45) is -3.36. The molecule has 0 aromatic heterocycles. The zero-order valence-corrected chi connectivity index (χ0v) is 14.6. The molecule has 2 amide bonds. The summed E-state index contributed by atoms with van der Waals surface area (Å²) < 4.78 is 53.7. The molecule has 1 atom stereocenters. The van der Waals surface area contributed by atoms with Crippen LogP contribution < -0.4 is 5.73 Å². The van der Waals surface area contributed by atoms with E-state index in [1.165, 1.54) is 6.07 Å². The third-order valence-corrected chi connectivity index (χ3v) is 6.53. The smallest absolute Gasteiger partial charge is 0.366 e. The van der Waals surface area contributed by atoms with Gasteiger partial charge in [-0.05, 0) is 43.7 Å². The second-order valence-corrected chi connectivity index (χ2v) is 8.25. The van der Waals surface area contributed by atoms with Crippen LogP contribution in [0.5, 0.6) is 0 Å². The molecule has 5 rings (SSSR count). The first-order chi connectivity index (χ1) is 12.6. The molecule has 146 valence electrons. The number of carbonyl (C=O) groups is 2. The topological polar surface area (TPSA) is 63.4 Å². The van der Waals surface area contributed by atoms with Crippen molar-refractivity contribution >= 4 is 11.8 Å². The summed E-state index contributed by atoms with van der Waals surface area (Å²) in [6, 6.07) is 4.43. The molecule has 1 aliphatic heterocycles. The molecule has 1 unspecified atom stereocenters. The Labute approximate surface area is 153 Å². The normalized spacial score (nSPS) is 32.4. The first-order valence-corrected chi connectivity index (χ1v) is 9.03. The molecule has 3 aliphatic carbocycles. The van der Waals surface area contributed by atoms with Crippen molar-refractivity contribution in [2.75, 3.05) is 13.1 Å². The molecule has 3 saturated carbocycles. The number of nitrogens with zero attached hydrogens (tertiary/aromatic N) is 1. The van der Waals surface area contributed by atoms with Crippen molar-refractivity contribution in [1.29, 1.82) is 0 Å². The third-order valence-electron chi connectivity index (χ3n) is 6.53. The molecule has 1 aromatic carbocycles. The number of carbonyl (C=O) groups excluding carboxylic acids is 2. The van der Waals surface area contributed by atoms with Crippen LogP contribution >= 0.6 is 0 Å². The van der Waals surface area contributed by atoms with Crippen LogP contribution in [0.15, 0.2) is 18.2 Å². The van der Waals surface area contributed by atoms with Gasteiger partial charge in [-0.1, -0.05) is 12.1 Å². The summed E-state index contributed by atoms with van der Waals surface area (Å²) in [7, 11) is 0. The largest absolute Gasteiger partial charge is 0.394 e. The van der Waals surface area contributed by atoms with Crippen molar-refractivity contribution in [2.24, 2.45) is 16.6 Å². The maximum absolute atomic E-state index is 14.6. The number of rotatable bonds is 3. The molecular weight excluding hydrogens is 364 g/mol. The van der Waals surface area contributed by atoms with Crippen LogP contribution in [0.2, 0.25) is 0 Å².